The van der Waals surface area contributed by atoms with Crippen LogP contribution in [0.1, 0.15) is 315 Å². The number of nitrogens with zero attached hydrogens (tertiary/aromatic N) is 6. The number of rotatable bonds is 26. The van der Waals surface area contributed by atoms with Gasteiger partial charge in [-0.25, -0.2) is 0 Å². The zero-order valence-electron chi connectivity index (χ0n) is 111. The van der Waals surface area contributed by atoms with E-state index in [1.807, 2.05) is 77.9 Å². The molecule has 0 saturated heterocycles. The second kappa shape index (κ2) is 36.7. The van der Waals surface area contributed by atoms with E-state index in [9.17, 15) is 31.5 Å². The molecule has 686 valence electrons. The number of para-hydroxylation sites is 4. The van der Waals surface area contributed by atoms with Gasteiger partial charge in [-0.05, 0) is 330 Å². The summed E-state index contributed by atoms with van der Waals surface area (Å²) in [5.74, 6) is 0. The first-order chi connectivity index (χ1) is 75.6. The van der Waals surface area contributed by atoms with Crippen LogP contribution in [0.5, 0.6) is 0 Å². The van der Waals surface area contributed by atoms with Crippen molar-refractivity contribution in [2.45, 2.75) is 275 Å². The second-order valence-corrected chi connectivity index (χ2v) is 41.3. The molecule has 4 heterocycles. The van der Waals surface area contributed by atoms with Crippen LogP contribution in [0.3, 0.4) is 0 Å². The Morgan fingerprint density at radius 2 is 0.515 bits per heavy atom. The van der Waals surface area contributed by atoms with Crippen LogP contribution in [-0.2, 0) is 43.3 Å². The van der Waals surface area contributed by atoms with Crippen LogP contribution >= 0.6 is 0 Å². The topological polar surface area (TPSA) is 19.4 Å². The van der Waals surface area contributed by atoms with Gasteiger partial charge >= 0.3 is 0 Å². The summed E-state index contributed by atoms with van der Waals surface area (Å²) in [5, 5.41) is 0. The van der Waals surface area contributed by atoms with Crippen molar-refractivity contribution in [3.8, 4) is 0 Å². The van der Waals surface area contributed by atoms with Gasteiger partial charge in [0.1, 0.15) is 0 Å². The highest BCUT2D eigenvalue weighted by Crippen LogP contribution is 2.54. The molecule has 0 radical (unpaired) electrons. The molecule has 14 aromatic carbocycles. The van der Waals surface area contributed by atoms with Crippen molar-refractivity contribution in [3.63, 3.8) is 0 Å². The molecule has 8 heteroatoms. The summed E-state index contributed by atoms with van der Waals surface area (Å²) in [6.07, 6.45) is 4.62. The Hall–Kier alpha value is -12.0. The van der Waals surface area contributed by atoms with E-state index in [1.165, 1.54) is 33.1 Å². The highest BCUT2D eigenvalue weighted by atomic mass is 15.2. The van der Waals surface area contributed by atoms with Gasteiger partial charge in [0.05, 0.1) is 51.1 Å². The minimum absolute atomic E-state index is 0. The Morgan fingerprint density at radius 1 is 0.246 bits per heavy atom. The predicted molar refractivity (Wildman–Crippen MR) is 588 cm³/mol. The molecular weight excluding hydrogens is 1620 g/mol. The summed E-state index contributed by atoms with van der Waals surface area (Å²) in [4.78, 5) is 9.72. The van der Waals surface area contributed by atoms with E-state index in [0.29, 0.717) is 77.5 Å². The Morgan fingerprint density at radius 3 is 0.828 bits per heavy atom. The molecular formula is C126H146B2N6. The number of benzene rings is 14. The Kier molecular flexibility index (Phi) is 17.7. The molecule has 4 aliphatic rings. The van der Waals surface area contributed by atoms with Crippen molar-refractivity contribution in [2.75, 3.05) is 29.4 Å². The molecule has 6 nitrogen and oxygen atoms in total. The lowest BCUT2D eigenvalue weighted by atomic mass is 9.33. The van der Waals surface area contributed by atoms with Crippen molar-refractivity contribution >= 4 is 149 Å². The molecule has 18 rings (SSSR count). The van der Waals surface area contributed by atoms with Crippen LogP contribution in [0.4, 0.5) is 102 Å². The summed E-state index contributed by atoms with van der Waals surface area (Å²) < 4.78 is 285. The number of hydrogen-bond acceptors (Lipinski definition) is 6. The fourth-order valence-electron chi connectivity index (χ4n) is 18.0. The van der Waals surface area contributed by atoms with Gasteiger partial charge in [-0.3, -0.25) is 0 Å². The Bertz CT molecular complexity index is 7870. The first-order valence-electron chi connectivity index (χ1n) is 62.0. The third-order valence-corrected chi connectivity index (χ3v) is 30.1. The number of hydrogen-bond donors (Lipinski definition) is 0. The van der Waals surface area contributed by atoms with Gasteiger partial charge in [0.2, 0.25) is 0 Å². The Balaban J connectivity index is 0.000000233. The average molecular weight is 1800 g/mol. The van der Waals surface area contributed by atoms with E-state index in [0.717, 1.165) is 63.0 Å². The van der Waals surface area contributed by atoms with Crippen LogP contribution in [-0.4, -0.2) is 13.4 Å². The normalized spacial score (nSPS) is 16.5. The second-order valence-electron chi connectivity index (χ2n) is 41.3. The first kappa shape index (κ1) is 64.8. The smallest absolute Gasteiger partial charge is 0.252 e. The molecule has 0 saturated carbocycles. The lowest BCUT2D eigenvalue weighted by Gasteiger charge is -2.46. The van der Waals surface area contributed by atoms with E-state index in [4.69, 9.17) is 8.22 Å². The van der Waals surface area contributed by atoms with E-state index < -0.39 is 195 Å². The monoisotopic (exact) mass is 1790 g/mol. The van der Waals surface area contributed by atoms with Gasteiger partial charge in [-0.1, -0.05) is 337 Å². The molecule has 14 aromatic rings. The molecule has 0 aliphatic carbocycles. The minimum Gasteiger partial charge on any atom is -0.311 e. The third-order valence-electron chi connectivity index (χ3n) is 30.1. The van der Waals surface area contributed by atoms with Gasteiger partial charge < -0.3 is 29.4 Å². The highest BCUT2D eigenvalue weighted by Gasteiger charge is 2.49. The van der Waals surface area contributed by atoms with Crippen LogP contribution in [0.25, 0.3) is 0 Å². The van der Waals surface area contributed by atoms with Crippen molar-refractivity contribution in [1.82, 2.24) is 0 Å². The Labute approximate surface area is 847 Å². The fraction of sp³-hybridized carbons (Fsp3) is 0.333. The fourth-order valence-corrected chi connectivity index (χ4v) is 18.0. The molecule has 0 amide bonds. The maximum atomic E-state index is 10.7. The summed E-state index contributed by atoms with van der Waals surface area (Å²) in [6.45, 7) is 46.9. The van der Waals surface area contributed by atoms with Gasteiger partial charge in [0.15, 0.2) is 0 Å². The van der Waals surface area contributed by atoms with Crippen molar-refractivity contribution in [1.29, 1.82) is 0 Å². The summed E-state index contributed by atoms with van der Waals surface area (Å²) in [5.41, 5.74) is 3.12. The maximum Gasteiger partial charge on any atom is 0.252 e. The van der Waals surface area contributed by atoms with Gasteiger partial charge in [-0.2, -0.15) is 0 Å². The van der Waals surface area contributed by atoms with Gasteiger partial charge in [0.25, 0.3) is 13.4 Å². The summed E-state index contributed by atoms with van der Waals surface area (Å²) >= 11 is 0. The van der Waals surface area contributed by atoms with E-state index >= 15 is 0 Å². The highest BCUT2D eigenvalue weighted by molar-refractivity contribution is 7.01. The van der Waals surface area contributed by atoms with Gasteiger partial charge in [-0.15, -0.1) is 0 Å². The van der Waals surface area contributed by atoms with Gasteiger partial charge in [0, 0.05) is 91.0 Å². The molecule has 0 atom stereocenters. The maximum absolute atomic E-state index is 10.7. The molecule has 134 heavy (non-hydrogen) atoms. The largest absolute Gasteiger partial charge is 0.311 e. The molecule has 4 aliphatic heterocycles. The molecule has 0 unspecified atom stereocenters. The van der Waals surface area contributed by atoms with E-state index in [1.54, 1.807) is 48.5 Å². The minimum atomic E-state index is -1.54. The first-order valence-corrected chi connectivity index (χ1v) is 47.5. The van der Waals surface area contributed by atoms with Crippen LogP contribution in [0.15, 0.2) is 309 Å². The van der Waals surface area contributed by atoms with Crippen molar-refractivity contribution in [2.24, 2.45) is 0 Å². The van der Waals surface area contributed by atoms with Crippen LogP contribution in [0, 0.1) is 6.92 Å². The molecule has 0 aromatic heterocycles. The zero-order chi connectivity index (χ0) is 120. The van der Waals surface area contributed by atoms with E-state index in [-0.39, 0.29) is 134 Å². The summed E-state index contributed by atoms with van der Waals surface area (Å²) in [7, 11) is 0. The van der Waals surface area contributed by atoms with Crippen LogP contribution in [0.2, 0.25) is 0 Å². The average Bonchev–Trinajstić information content (AvgIpc) is 0.674. The van der Waals surface area contributed by atoms with Crippen molar-refractivity contribution < 1.29 is 39.8 Å². The standard InChI is InChI=1S/C63H72BN3.C62H70BN3.CH4/c1-14-60(6,7)44-28-33-49(34-29-44)66-55-37-32-46(62(10,11)16-3)39-53(55)64-54-42-52(63(12,13)17-4)43(5)38-56(54)67(50-35-30-45(31-36-50)61(8,9)15-2)58-41-51(40-57(66)59(58)64)65(47-24-20-18-21-25-47)48-26-22-19-23-27-48;1-13-59(5,6)43-27-33-49(34-28-43)65-54-37-31-45(61(9,10)15-3)39-52(54)63-53-40-46(62(11,12)16-4)32-38-55(53)66(50-35-29-44(30-36-50)60(7,8)14-2)57-42-51(41-56(65)58(57)63)64(47-23-19-17-20-24-47)48-25-21-18-22-26-48;/h18-42H,14-17H2,1-13H3;17-42H,13-16H2,1-12H3;1H4/i18D,19D,20D,21D,22D,23D,24D,25D,26D,27D,28D,29D,30D,31D,32D,33D,34D,35D,36D,37D,38D,39D,42D;31D,32D,37D,38D,39D,40D;. The molecule has 0 spiro atoms. The molecule has 0 bridgehead atoms. The quantitative estimate of drug-likeness (QED) is 0.0500. The zero-order valence-corrected chi connectivity index (χ0v) is 82.2. The SMILES string of the molecule is C.[2H]c1c([2H])c(C(C)(C)CC)c([2H])c2c1N(c1ccc(C(C)(C)CC)cc1)c1cc(N(c3ccccc3)c3ccccc3)cc3c1B2c1c([2H])c(C(C)(C)CC)c([2H])c([2H])c1N3c1ccc(C(C)(C)CC)cc1.[2H]c1c([2H])c([2H])c(N(c2cc3c4c(c2)N(c2c([2H])c([2H])c(C(C)(C)CC)c([2H])c2[2H])c2c([2H])c(C)c(C(C)(C)CC)c([2H])c2B4c2c([2H])c(C(C)(C)CC)c([2H])c([2H])c2N3c2c([2H])c([2H])c(C(C)(C)CC)c([2H])c2[2H])c2c([2H])c([2H])c([2H])c([2H])c2[2H])c([2H])c1[2H]. The summed E-state index contributed by atoms with van der Waals surface area (Å²) in [6, 6.07) is 29.5. The number of fused-ring (bicyclic) bond motifs is 8. The lowest BCUT2D eigenvalue weighted by molar-refractivity contribution is 0.504. The van der Waals surface area contributed by atoms with Crippen molar-refractivity contribution in [3.05, 3.63) is 359 Å². The lowest BCUT2D eigenvalue weighted by Crippen LogP contribution is -2.61. The predicted octanol–water partition coefficient (Wildman–Crippen LogP) is 32.9. The molecule has 0 fully saturated rings. The van der Waals surface area contributed by atoms with Crippen LogP contribution < -0.4 is 62.2 Å². The molecule has 0 N–H and O–H groups in total. The number of anilines is 18. The third kappa shape index (κ3) is 17.1. The van der Waals surface area contributed by atoms with E-state index in [2.05, 4.69) is 183 Å².